The predicted octanol–water partition coefficient (Wildman–Crippen LogP) is 7.26. The molecular formula is C30H36ClNO. The van der Waals surface area contributed by atoms with E-state index in [1.807, 2.05) is 0 Å². The van der Waals surface area contributed by atoms with Gasteiger partial charge >= 0.3 is 0 Å². The maximum Gasteiger partial charge on any atom is 0.108 e. The molecular weight excluding hydrogens is 426 g/mol. The van der Waals surface area contributed by atoms with Crippen LogP contribution >= 0.6 is 12.4 Å². The van der Waals surface area contributed by atoms with Crippen molar-refractivity contribution in [3.05, 3.63) is 108 Å². The van der Waals surface area contributed by atoms with Crippen molar-refractivity contribution in [2.24, 2.45) is 5.92 Å². The van der Waals surface area contributed by atoms with Crippen molar-refractivity contribution in [3.8, 4) is 0 Å². The average Bonchev–Trinajstić information content (AvgIpc) is 3.10. The molecule has 2 bridgehead atoms. The van der Waals surface area contributed by atoms with Crippen molar-refractivity contribution >= 4 is 12.4 Å². The van der Waals surface area contributed by atoms with E-state index in [-0.39, 0.29) is 18.5 Å². The fourth-order valence-corrected chi connectivity index (χ4v) is 6.22. The molecule has 0 N–H and O–H groups in total. The Balaban J connectivity index is 0.00000259. The van der Waals surface area contributed by atoms with Crippen LogP contribution in [-0.4, -0.2) is 30.6 Å². The molecule has 2 aliphatic heterocycles. The number of hydrogen-bond acceptors (Lipinski definition) is 2. The maximum absolute atomic E-state index is 6.54. The van der Waals surface area contributed by atoms with E-state index >= 15 is 0 Å². The monoisotopic (exact) mass is 461 g/mol. The summed E-state index contributed by atoms with van der Waals surface area (Å²) >= 11 is 0. The Morgan fingerprint density at radius 2 is 1.39 bits per heavy atom. The number of halogens is 1. The number of piperidine rings is 1. The summed E-state index contributed by atoms with van der Waals surface area (Å²) in [5.74, 6) is 1.40. The van der Waals surface area contributed by atoms with Gasteiger partial charge in [-0.3, -0.25) is 0 Å². The van der Waals surface area contributed by atoms with Gasteiger partial charge in [0, 0.05) is 18.7 Å². The lowest BCUT2D eigenvalue weighted by atomic mass is 9.74. The molecule has 2 saturated heterocycles. The standard InChI is InChI=1S/C30H35NO.ClH/c1-31-26-19-20-29(31)27(28(22-26)23-12-5-2-6-13-23)18-11-21-32-30(24-14-7-3-8-15-24)25-16-9-4-10-17-25;/h2-10,12-17,26-30H,11,18-22H2,1H3;1H. The normalized spacial score (nSPS) is 24.5. The Labute approximate surface area is 205 Å². The predicted molar refractivity (Wildman–Crippen MR) is 139 cm³/mol. The van der Waals surface area contributed by atoms with Crippen LogP contribution in [0.3, 0.4) is 0 Å². The van der Waals surface area contributed by atoms with Crippen LogP contribution in [0.5, 0.6) is 0 Å². The lowest BCUT2D eigenvalue weighted by Gasteiger charge is -2.43. The van der Waals surface area contributed by atoms with Gasteiger partial charge in [-0.05, 0) is 67.7 Å². The molecule has 3 aromatic rings. The van der Waals surface area contributed by atoms with Gasteiger partial charge in [0.15, 0.2) is 0 Å². The average molecular weight is 462 g/mol. The van der Waals surface area contributed by atoms with Gasteiger partial charge in [-0.1, -0.05) is 91.0 Å². The molecule has 0 aromatic heterocycles. The number of benzene rings is 3. The quantitative estimate of drug-likeness (QED) is 0.327. The van der Waals surface area contributed by atoms with Gasteiger partial charge in [-0.25, -0.2) is 0 Å². The minimum absolute atomic E-state index is 0. The zero-order chi connectivity index (χ0) is 21.8. The minimum Gasteiger partial charge on any atom is -0.369 e. The number of ether oxygens (including phenoxy) is 1. The Morgan fingerprint density at radius 3 is 2.00 bits per heavy atom. The minimum atomic E-state index is 0. The summed E-state index contributed by atoms with van der Waals surface area (Å²) < 4.78 is 6.54. The third kappa shape index (κ3) is 5.35. The Morgan fingerprint density at radius 1 is 0.818 bits per heavy atom. The molecule has 2 fully saturated rings. The van der Waals surface area contributed by atoms with Crippen LogP contribution < -0.4 is 0 Å². The van der Waals surface area contributed by atoms with Crippen molar-refractivity contribution < 1.29 is 4.74 Å². The van der Waals surface area contributed by atoms with Crippen molar-refractivity contribution in [1.29, 1.82) is 0 Å². The maximum atomic E-state index is 6.54. The fraction of sp³-hybridized carbons (Fsp3) is 0.400. The van der Waals surface area contributed by atoms with E-state index in [9.17, 15) is 0 Å². The van der Waals surface area contributed by atoms with Crippen LogP contribution in [0, 0.1) is 5.92 Å². The van der Waals surface area contributed by atoms with Gasteiger partial charge in [0.2, 0.25) is 0 Å². The van der Waals surface area contributed by atoms with E-state index in [2.05, 4.69) is 103 Å². The van der Waals surface area contributed by atoms with Crippen LogP contribution in [0.25, 0.3) is 0 Å². The lowest BCUT2D eigenvalue weighted by molar-refractivity contribution is 0.0576. The highest BCUT2D eigenvalue weighted by Crippen LogP contribution is 2.47. The number of nitrogens with zero attached hydrogens (tertiary/aromatic N) is 1. The van der Waals surface area contributed by atoms with Crippen LogP contribution in [0.4, 0.5) is 0 Å². The molecule has 4 atom stereocenters. The molecule has 2 nitrogen and oxygen atoms in total. The first-order chi connectivity index (χ1) is 15.8. The summed E-state index contributed by atoms with van der Waals surface area (Å²) in [5, 5.41) is 0. The van der Waals surface area contributed by atoms with E-state index in [0.717, 1.165) is 31.0 Å². The van der Waals surface area contributed by atoms with Gasteiger partial charge in [-0.15, -0.1) is 12.4 Å². The Hall–Kier alpha value is -2.13. The zero-order valence-corrected chi connectivity index (χ0v) is 20.4. The second kappa shape index (κ2) is 11.3. The molecule has 0 spiro atoms. The Kier molecular flexibility index (Phi) is 8.25. The molecule has 5 rings (SSSR count). The molecule has 3 aromatic carbocycles. The summed E-state index contributed by atoms with van der Waals surface area (Å²) in [6.07, 6.45) is 6.37. The molecule has 0 aliphatic carbocycles. The fourth-order valence-electron chi connectivity index (χ4n) is 6.22. The first kappa shape index (κ1) is 24.0. The van der Waals surface area contributed by atoms with Gasteiger partial charge < -0.3 is 9.64 Å². The van der Waals surface area contributed by atoms with Crippen molar-refractivity contribution in [3.63, 3.8) is 0 Å². The molecule has 0 saturated carbocycles. The lowest BCUT2D eigenvalue weighted by Crippen LogP contribution is -2.45. The van der Waals surface area contributed by atoms with Gasteiger partial charge in [0.25, 0.3) is 0 Å². The van der Waals surface area contributed by atoms with Gasteiger partial charge in [0.1, 0.15) is 6.10 Å². The summed E-state index contributed by atoms with van der Waals surface area (Å²) in [6, 6.07) is 34.0. The molecule has 2 aliphatic rings. The van der Waals surface area contributed by atoms with Gasteiger partial charge in [0.05, 0.1) is 0 Å². The second-order valence-corrected chi connectivity index (χ2v) is 9.60. The molecule has 0 amide bonds. The highest BCUT2D eigenvalue weighted by atomic mass is 35.5. The molecule has 0 radical (unpaired) electrons. The molecule has 33 heavy (non-hydrogen) atoms. The largest absolute Gasteiger partial charge is 0.369 e. The van der Waals surface area contributed by atoms with Crippen molar-refractivity contribution in [1.82, 2.24) is 4.90 Å². The van der Waals surface area contributed by atoms with Gasteiger partial charge in [-0.2, -0.15) is 0 Å². The van der Waals surface area contributed by atoms with E-state index in [1.54, 1.807) is 0 Å². The molecule has 174 valence electrons. The molecule has 4 unspecified atom stereocenters. The van der Waals surface area contributed by atoms with Crippen LogP contribution in [0.15, 0.2) is 91.0 Å². The smallest absolute Gasteiger partial charge is 0.108 e. The number of rotatable bonds is 8. The first-order valence-corrected chi connectivity index (χ1v) is 12.3. The number of hydrogen-bond donors (Lipinski definition) is 0. The van der Waals surface area contributed by atoms with Crippen LogP contribution in [-0.2, 0) is 4.74 Å². The van der Waals surface area contributed by atoms with Crippen molar-refractivity contribution in [2.75, 3.05) is 13.7 Å². The SMILES string of the molecule is CN1C2CCC1C(CCCOC(c1ccccc1)c1ccccc1)C(c1ccccc1)C2.Cl. The van der Waals surface area contributed by atoms with E-state index < -0.39 is 0 Å². The number of fused-ring (bicyclic) bond motifs is 2. The summed E-state index contributed by atoms with van der Waals surface area (Å²) in [4.78, 5) is 2.68. The third-order valence-corrected chi connectivity index (χ3v) is 7.83. The zero-order valence-electron chi connectivity index (χ0n) is 19.6. The highest BCUT2D eigenvalue weighted by Gasteiger charge is 2.45. The van der Waals surface area contributed by atoms with Crippen LogP contribution in [0.1, 0.15) is 60.8 Å². The first-order valence-electron chi connectivity index (χ1n) is 12.3. The Bertz CT molecular complexity index is 925. The summed E-state index contributed by atoms with van der Waals surface area (Å²) in [7, 11) is 2.36. The molecule has 3 heteroatoms. The van der Waals surface area contributed by atoms with E-state index in [0.29, 0.717) is 5.92 Å². The van der Waals surface area contributed by atoms with Crippen LogP contribution in [0.2, 0.25) is 0 Å². The third-order valence-electron chi connectivity index (χ3n) is 7.83. The van der Waals surface area contributed by atoms with Crippen molar-refractivity contribution in [2.45, 2.75) is 56.2 Å². The topological polar surface area (TPSA) is 12.5 Å². The highest BCUT2D eigenvalue weighted by molar-refractivity contribution is 5.85. The van der Waals surface area contributed by atoms with E-state index in [1.165, 1.54) is 42.4 Å². The second-order valence-electron chi connectivity index (χ2n) is 9.60. The van der Waals surface area contributed by atoms with E-state index in [4.69, 9.17) is 4.74 Å². The summed E-state index contributed by atoms with van der Waals surface area (Å²) in [6.45, 7) is 0.798. The summed E-state index contributed by atoms with van der Waals surface area (Å²) in [5.41, 5.74) is 4.00. The molecule has 2 heterocycles.